The zero-order chi connectivity index (χ0) is 14.2. The quantitative estimate of drug-likeness (QED) is 0.759. The molecule has 1 aliphatic heterocycles. The zero-order valence-corrected chi connectivity index (χ0v) is 12.1. The molecule has 1 atom stereocenters. The Balaban J connectivity index is 1.67. The lowest BCUT2D eigenvalue weighted by molar-refractivity contribution is 0.00219. The first-order valence-electron chi connectivity index (χ1n) is 7.48. The molecular weight excluding hydrogens is 264 g/mol. The summed E-state index contributed by atoms with van der Waals surface area (Å²) in [6, 6.07) is 10.2. The monoisotopic (exact) mass is 282 g/mol. The molecule has 21 heavy (non-hydrogen) atoms. The number of benzene rings is 1. The molecule has 1 N–H and O–H groups in total. The fraction of sp³-hybridized carbons (Fsp3) is 0.353. The molecule has 4 nitrogen and oxygen atoms in total. The highest BCUT2D eigenvalue weighted by Gasteiger charge is 2.20. The third kappa shape index (κ3) is 2.36. The lowest BCUT2D eigenvalue weighted by Crippen LogP contribution is -2.10. The van der Waals surface area contributed by atoms with Gasteiger partial charge in [-0.25, -0.2) is 4.98 Å². The van der Waals surface area contributed by atoms with E-state index in [9.17, 15) is 0 Å². The van der Waals surface area contributed by atoms with Crippen LogP contribution in [0.5, 0.6) is 0 Å². The van der Waals surface area contributed by atoms with Crippen LogP contribution >= 0.6 is 0 Å². The SMILES string of the molecule is Cc1ccc2nc(-c3ccc([C@H]4CCCCO4)o3)[nH]c2c1. The van der Waals surface area contributed by atoms with Crippen LogP contribution in [0.2, 0.25) is 0 Å². The Morgan fingerprint density at radius 3 is 3.00 bits per heavy atom. The van der Waals surface area contributed by atoms with Crippen LogP contribution in [-0.4, -0.2) is 16.6 Å². The standard InChI is InChI=1S/C17H18N2O2/c1-11-5-6-12-13(10-11)19-17(18-12)16-8-7-15(21-16)14-4-2-3-9-20-14/h5-8,10,14H,2-4,9H2,1H3,(H,18,19)/t14-/m1/s1. The average Bonchev–Trinajstić information content (AvgIpc) is 3.14. The predicted molar refractivity (Wildman–Crippen MR) is 81.1 cm³/mol. The number of hydrogen-bond acceptors (Lipinski definition) is 3. The summed E-state index contributed by atoms with van der Waals surface area (Å²) in [7, 11) is 0. The third-order valence-corrected chi connectivity index (χ3v) is 3.99. The highest BCUT2D eigenvalue weighted by molar-refractivity contribution is 5.79. The minimum absolute atomic E-state index is 0.0964. The lowest BCUT2D eigenvalue weighted by atomic mass is 10.1. The Bertz CT molecular complexity index is 766. The maximum Gasteiger partial charge on any atom is 0.174 e. The van der Waals surface area contributed by atoms with Crippen molar-refractivity contribution in [2.24, 2.45) is 0 Å². The van der Waals surface area contributed by atoms with Crippen molar-refractivity contribution in [1.29, 1.82) is 0 Å². The molecule has 0 spiro atoms. The summed E-state index contributed by atoms with van der Waals surface area (Å²) in [6.07, 6.45) is 3.48. The molecule has 4 heteroatoms. The number of aromatic amines is 1. The minimum atomic E-state index is 0.0964. The van der Waals surface area contributed by atoms with Crippen molar-refractivity contribution in [1.82, 2.24) is 9.97 Å². The Morgan fingerprint density at radius 1 is 1.19 bits per heavy atom. The molecule has 1 aromatic carbocycles. The molecule has 3 heterocycles. The van der Waals surface area contributed by atoms with Gasteiger partial charge in [-0.2, -0.15) is 0 Å². The van der Waals surface area contributed by atoms with Gasteiger partial charge in [0, 0.05) is 6.61 Å². The lowest BCUT2D eigenvalue weighted by Gasteiger charge is -2.20. The van der Waals surface area contributed by atoms with E-state index in [0.29, 0.717) is 0 Å². The van der Waals surface area contributed by atoms with Crippen LogP contribution in [0.3, 0.4) is 0 Å². The molecule has 0 radical (unpaired) electrons. The van der Waals surface area contributed by atoms with E-state index < -0.39 is 0 Å². The van der Waals surface area contributed by atoms with Crippen LogP contribution in [0.4, 0.5) is 0 Å². The molecule has 3 aromatic rings. The highest BCUT2D eigenvalue weighted by atomic mass is 16.5. The topological polar surface area (TPSA) is 51.1 Å². The van der Waals surface area contributed by atoms with Crippen LogP contribution < -0.4 is 0 Å². The highest BCUT2D eigenvalue weighted by Crippen LogP contribution is 2.32. The first-order valence-corrected chi connectivity index (χ1v) is 7.48. The largest absolute Gasteiger partial charge is 0.455 e. The van der Waals surface area contributed by atoms with Crippen molar-refractivity contribution in [2.75, 3.05) is 6.61 Å². The smallest absolute Gasteiger partial charge is 0.174 e. The molecule has 0 aliphatic carbocycles. The number of rotatable bonds is 2. The summed E-state index contributed by atoms with van der Waals surface area (Å²) >= 11 is 0. The zero-order valence-electron chi connectivity index (χ0n) is 12.1. The average molecular weight is 282 g/mol. The van der Waals surface area contributed by atoms with E-state index in [1.54, 1.807) is 0 Å². The van der Waals surface area contributed by atoms with Gasteiger partial charge in [0.15, 0.2) is 11.6 Å². The van der Waals surface area contributed by atoms with Crippen molar-refractivity contribution in [3.8, 4) is 11.6 Å². The van der Waals surface area contributed by atoms with Crippen molar-refractivity contribution < 1.29 is 9.15 Å². The van der Waals surface area contributed by atoms with Crippen molar-refractivity contribution in [3.63, 3.8) is 0 Å². The molecule has 0 amide bonds. The second kappa shape index (κ2) is 5.04. The molecular formula is C17H18N2O2. The van der Waals surface area contributed by atoms with Gasteiger partial charge in [0.05, 0.1) is 11.0 Å². The van der Waals surface area contributed by atoms with E-state index in [4.69, 9.17) is 9.15 Å². The number of ether oxygens (including phenoxy) is 1. The Hall–Kier alpha value is -2.07. The molecule has 1 saturated heterocycles. The second-order valence-corrected chi connectivity index (χ2v) is 5.66. The minimum Gasteiger partial charge on any atom is -0.455 e. The number of aromatic nitrogens is 2. The van der Waals surface area contributed by atoms with Gasteiger partial charge in [-0.1, -0.05) is 6.07 Å². The Labute approximate surface area is 123 Å². The van der Waals surface area contributed by atoms with Gasteiger partial charge in [-0.3, -0.25) is 0 Å². The van der Waals surface area contributed by atoms with Crippen LogP contribution in [0, 0.1) is 6.92 Å². The van der Waals surface area contributed by atoms with Crippen LogP contribution in [-0.2, 0) is 4.74 Å². The number of imidazole rings is 1. The summed E-state index contributed by atoms with van der Waals surface area (Å²) in [4.78, 5) is 7.92. The predicted octanol–water partition coefficient (Wildman–Crippen LogP) is 4.37. The summed E-state index contributed by atoms with van der Waals surface area (Å²) < 4.78 is 11.7. The molecule has 0 unspecified atom stereocenters. The first kappa shape index (κ1) is 12.7. The van der Waals surface area contributed by atoms with Gasteiger partial charge in [0.1, 0.15) is 11.9 Å². The number of nitrogens with zero attached hydrogens (tertiary/aromatic N) is 1. The van der Waals surface area contributed by atoms with Gasteiger partial charge in [-0.15, -0.1) is 0 Å². The van der Waals surface area contributed by atoms with Crippen LogP contribution in [0.25, 0.3) is 22.6 Å². The first-order chi connectivity index (χ1) is 10.3. The number of furan rings is 1. The summed E-state index contributed by atoms with van der Waals surface area (Å²) in [5, 5.41) is 0. The van der Waals surface area contributed by atoms with E-state index >= 15 is 0 Å². The van der Waals surface area contributed by atoms with Crippen LogP contribution in [0.1, 0.15) is 36.7 Å². The van der Waals surface area contributed by atoms with E-state index in [1.165, 1.54) is 12.0 Å². The number of nitrogens with one attached hydrogen (secondary N) is 1. The van der Waals surface area contributed by atoms with Crippen molar-refractivity contribution in [2.45, 2.75) is 32.3 Å². The summed E-state index contributed by atoms with van der Waals surface area (Å²) in [5.41, 5.74) is 3.22. The second-order valence-electron chi connectivity index (χ2n) is 5.66. The number of hydrogen-bond donors (Lipinski definition) is 1. The van der Waals surface area contributed by atoms with Gasteiger partial charge in [0.25, 0.3) is 0 Å². The third-order valence-electron chi connectivity index (χ3n) is 3.99. The number of aryl methyl sites for hydroxylation is 1. The normalized spacial score (nSPS) is 19.2. The summed E-state index contributed by atoms with van der Waals surface area (Å²) in [5.74, 6) is 2.45. The Kier molecular flexibility index (Phi) is 3.04. The van der Waals surface area contributed by atoms with Gasteiger partial charge < -0.3 is 14.1 Å². The Morgan fingerprint density at radius 2 is 2.14 bits per heavy atom. The van der Waals surface area contributed by atoms with Crippen molar-refractivity contribution in [3.05, 3.63) is 41.7 Å². The number of fused-ring (bicyclic) bond motifs is 1. The van der Waals surface area contributed by atoms with Crippen LogP contribution in [0.15, 0.2) is 34.7 Å². The molecule has 0 saturated carbocycles. The number of H-pyrrole nitrogens is 1. The molecule has 2 aromatic heterocycles. The van der Waals surface area contributed by atoms with E-state index in [1.807, 2.05) is 18.2 Å². The molecule has 0 bridgehead atoms. The maximum absolute atomic E-state index is 5.95. The van der Waals surface area contributed by atoms with Gasteiger partial charge >= 0.3 is 0 Å². The fourth-order valence-corrected chi connectivity index (χ4v) is 2.86. The summed E-state index contributed by atoms with van der Waals surface area (Å²) in [6.45, 7) is 2.90. The molecule has 4 rings (SSSR count). The molecule has 1 fully saturated rings. The molecule has 108 valence electrons. The van der Waals surface area contributed by atoms with E-state index in [0.717, 1.165) is 47.8 Å². The fourth-order valence-electron chi connectivity index (χ4n) is 2.86. The van der Waals surface area contributed by atoms with Gasteiger partial charge in [0.2, 0.25) is 0 Å². The van der Waals surface area contributed by atoms with Gasteiger partial charge in [-0.05, 0) is 56.0 Å². The molecule has 1 aliphatic rings. The maximum atomic E-state index is 5.95. The van der Waals surface area contributed by atoms with Crippen molar-refractivity contribution >= 4 is 11.0 Å². The van der Waals surface area contributed by atoms with E-state index in [2.05, 4.69) is 29.0 Å². The van der Waals surface area contributed by atoms with E-state index in [-0.39, 0.29) is 6.10 Å².